The number of fused-ring (bicyclic) bond motifs is 1. The first-order chi connectivity index (χ1) is 6.20. The van der Waals surface area contributed by atoms with Gasteiger partial charge in [-0.1, -0.05) is 0 Å². The molecule has 0 unspecified atom stereocenters. The van der Waals surface area contributed by atoms with Crippen molar-refractivity contribution in [1.29, 1.82) is 0 Å². The van der Waals surface area contributed by atoms with E-state index in [1.807, 2.05) is 19.0 Å². The smallest absolute Gasteiger partial charge is 0.205 e. The van der Waals surface area contributed by atoms with E-state index in [0.29, 0.717) is 5.65 Å². The summed E-state index contributed by atoms with van der Waals surface area (Å²) < 4.78 is 0.992. The van der Waals surface area contributed by atoms with Crippen LogP contribution in [0, 0.1) is 3.70 Å². The summed E-state index contributed by atoms with van der Waals surface area (Å²) in [7, 11) is 3.94. The van der Waals surface area contributed by atoms with Gasteiger partial charge in [-0.15, -0.1) is 5.10 Å². The van der Waals surface area contributed by atoms with Gasteiger partial charge in [0.15, 0.2) is 0 Å². The molecule has 0 aromatic carbocycles. The van der Waals surface area contributed by atoms with Crippen molar-refractivity contribution in [2.24, 2.45) is 0 Å². The van der Waals surface area contributed by atoms with E-state index in [4.69, 9.17) is 0 Å². The van der Waals surface area contributed by atoms with Crippen molar-refractivity contribution < 1.29 is 0 Å². The maximum absolute atomic E-state index is 4.03. The first-order valence-electron chi connectivity index (χ1n) is 3.72. The minimum Gasteiger partial charge on any atom is -0.376 e. The van der Waals surface area contributed by atoms with E-state index in [1.165, 1.54) is 0 Å². The maximum Gasteiger partial charge on any atom is 0.205 e. The summed E-state index contributed by atoms with van der Waals surface area (Å²) >= 11 is 2.20. The molecule has 0 aliphatic rings. The van der Waals surface area contributed by atoms with Crippen LogP contribution in [0.1, 0.15) is 0 Å². The molecule has 2 rings (SSSR count). The highest BCUT2D eigenvalue weighted by molar-refractivity contribution is 14.1. The average molecular weight is 289 g/mol. The minimum absolute atomic E-state index is 0.663. The fourth-order valence-corrected chi connectivity index (χ4v) is 1.79. The van der Waals surface area contributed by atoms with Crippen molar-refractivity contribution in [3.63, 3.8) is 0 Å². The summed E-state index contributed by atoms with van der Waals surface area (Å²) in [5.41, 5.74) is 1.69. The standard InChI is InChI=1S/C7H8IN5/c1-13(2)4-3-9-11-7-5(4)6(8)10-12-7/h3H,1-2H3,(H,10,11,12). The molecule has 0 aliphatic heterocycles. The second-order valence-corrected chi connectivity index (χ2v) is 3.94. The van der Waals surface area contributed by atoms with Crippen LogP contribution in [-0.2, 0) is 0 Å². The zero-order chi connectivity index (χ0) is 9.42. The molecule has 2 heterocycles. The number of halogens is 1. The molecule has 0 bridgehead atoms. The SMILES string of the molecule is CN(C)c1cnnc2n[nH]c(I)c12. The summed E-state index contributed by atoms with van der Waals surface area (Å²) in [5, 5.41) is 15.7. The Morgan fingerprint density at radius 2 is 2.23 bits per heavy atom. The lowest BCUT2D eigenvalue weighted by atomic mass is 10.3. The number of anilines is 1. The van der Waals surface area contributed by atoms with Crippen molar-refractivity contribution >= 4 is 39.3 Å². The van der Waals surface area contributed by atoms with Crippen LogP contribution < -0.4 is 4.90 Å². The molecule has 0 fully saturated rings. The topological polar surface area (TPSA) is 57.7 Å². The first-order valence-corrected chi connectivity index (χ1v) is 4.80. The molecule has 5 nitrogen and oxygen atoms in total. The third-order valence-electron chi connectivity index (χ3n) is 1.77. The molecule has 0 aliphatic carbocycles. The van der Waals surface area contributed by atoms with E-state index in [2.05, 4.69) is 43.0 Å². The first kappa shape index (κ1) is 8.67. The van der Waals surface area contributed by atoms with Crippen molar-refractivity contribution in [2.75, 3.05) is 19.0 Å². The van der Waals surface area contributed by atoms with Gasteiger partial charge in [-0.3, -0.25) is 5.10 Å². The van der Waals surface area contributed by atoms with Crippen LogP contribution >= 0.6 is 22.6 Å². The third kappa shape index (κ3) is 1.34. The molecule has 68 valence electrons. The summed E-state index contributed by atoms with van der Waals surface area (Å²) in [6.45, 7) is 0. The molecule has 0 saturated heterocycles. The van der Waals surface area contributed by atoms with E-state index >= 15 is 0 Å². The molecule has 0 saturated carbocycles. The second kappa shape index (κ2) is 3.09. The van der Waals surface area contributed by atoms with E-state index in [1.54, 1.807) is 6.20 Å². The number of aromatic nitrogens is 4. The van der Waals surface area contributed by atoms with E-state index in [9.17, 15) is 0 Å². The van der Waals surface area contributed by atoms with Gasteiger partial charge in [0.25, 0.3) is 0 Å². The maximum atomic E-state index is 4.03. The predicted molar refractivity (Wildman–Crippen MR) is 58.7 cm³/mol. The third-order valence-corrected chi connectivity index (χ3v) is 2.55. The number of hydrogen-bond acceptors (Lipinski definition) is 4. The fraction of sp³-hybridized carbons (Fsp3) is 0.286. The molecular formula is C7H8IN5. The number of aromatic amines is 1. The van der Waals surface area contributed by atoms with Gasteiger partial charge in [0, 0.05) is 14.1 Å². The molecule has 2 aromatic heterocycles. The lowest BCUT2D eigenvalue weighted by molar-refractivity contribution is 1.01. The molecule has 0 spiro atoms. The number of rotatable bonds is 1. The highest BCUT2D eigenvalue weighted by Crippen LogP contribution is 2.25. The van der Waals surface area contributed by atoms with E-state index in [-0.39, 0.29) is 0 Å². The summed E-state index contributed by atoms with van der Waals surface area (Å²) in [6.07, 6.45) is 1.74. The van der Waals surface area contributed by atoms with Gasteiger partial charge in [0.05, 0.1) is 17.3 Å². The Kier molecular flexibility index (Phi) is 2.06. The molecule has 13 heavy (non-hydrogen) atoms. The number of nitrogens with zero attached hydrogens (tertiary/aromatic N) is 4. The molecule has 2 aromatic rings. The van der Waals surface area contributed by atoms with Crippen LogP contribution in [0.25, 0.3) is 11.0 Å². The summed E-state index contributed by atoms with van der Waals surface area (Å²) in [4.78, 5) is 1.99. The quantitative estimate of drug-likeness (QED) is 0.796. The van der Waals surface area contributed by atoms with Crippen LogP contribution in [0.5, 0.6) is 0 Å². The van der Waals surface area contributed by atoms with Crippen LogP contribution in [0.2, 0.25) is 0 Å². The van der Waals surface area contributed by atoms with E-state index in [0.717, 1.165) is 14.8 Å². The monoisotopic (exact) mass is 289 g/mol. The molecular weight excluding hydrogens is 281 g/mol. The fourth-order valence-electron chi connectivity index (χ4n) is 1.15. The minimum atomic E-state index is 0.663. The van der Waals surface area contributed by atoms with Crippen LogP contribution in [0.4, 0.5) is 5.69 Å². The van der Waals surface area contributed by atoms with Gasteiger partial charge in [-0.2, -0.15) is 10.2 Å². The second-order valence-electron chi connectivity index (χ2n) is 2.86. The normalized spacial score (nSPS) is 10.7. The Labute approximate surface area is 88.7 Å². The van der Waals surface area contributed by atoms with Crippen LogP contribution in [-0.4, -0.2) is 34.5 Å². The van der Waals surface area contributed by atoms with Gasteiger partial charge in [-0.05, 0) is 22.6 Å². The van der Waals surface area contributed by atoms with Gasteiger partial charge >= 0.3 is 0 Å². The predicted octanol–water partition coefficient (Wildman–Crippen LogP) is 1.02. The number of nitrogens with one attached hydrogen (secondary N) is 1. The Morgan fingerprint density at radius 1 is 1.46 bits per heavy atom. The van der Waals surface area contributed by atoms with Crippen molar-refractivity contribution in [3.05, 3.63) is 9.90 Å². The molecule has 0 amide bonds. The molecule has 0 radical (unpaired) electrons. The van der Waals surface area contributed by atoms with Crippen molar-refractivity contribution in [3.8, 4) is 0 Å². The highest BCUT2D eigenvalue weighted by Gasteiger charge is 2.10. The Hall–Kier alpha value is -0.920. The van der Waals surface area contributed by atoms with E-state index < -0.39 is 0 Å². The lowest BCUT2D eigenvalue weighted by Gasteiger charge is -2.11. The highest BCUT2D eigenvalue weighted by atomic mass is 127. The molecule has 1 N–H and O–H groups in total. The molecule has 6 heteroatoms. The number of hydrogen-bond donors (Lipinski definition) is 1. The van der Waals surface area contributed by atoms with Gasteiger partial charge in [0.1, 0.15) is 3.70 Å². The van der Waals surface area contributed by atoms with Crippen LogP contribution in [0.15, 0.2) is 6.20 Å². The average Bonchev–Trinajstić information content (AvgIpc) is 2.48. The number of H-pyrrole nitrogens is 1. The van der Waals surface area contributed by atoms with Gasteiger partial charge < -0.3 is 4.90 Å². The van der Waals surface area contributed by atoms with Gasteiger partial charge in [-0.25, -0.2) is 0 Å². The Morgan fingerprint density at radius 3 is 2.92 bits per heavy atom. The lowest BCUT2D eigenvalue weighted by Crippen LogP contribution is -2.09. The zero-order valence-electron chi connectivity index (χ0n) is 7.24. The Balaban J connectivity index is 2.80. The summed E-state index contributed by atoms with van der Waals surface area (Å²) in [5.74, 6) is 0. The van der Waals surface area contributed by atoms with Crippen molar-refractivity contribution in [2.45, 2.75) is 0 Å². The molecule has 0 atom stereocenters. The largest absolute Gasteiger partial charge is 0.376 e. The van der Waals surface area contributed by atoms with Crippen LogP contribution in [0.3, 0.4) is 0 Å². The van der Waals surface area contributed by atoms with Gasteiger partial charge in [0.2, 0.25) is 5.65 Å². The summed E-state index contributed by atoms with van der Waals surface area (Å²) in [6, 6.07) is 0. The van der Waals surface area contributed by atoms with Crippen molar-refractivity contribution in [1.82, 2.24) is 20.4 Å². The Bertz CT molecular complexity index is 435. The zero-order valence-corrected chi connectivity index (χ0v) is 9.40.